The van der Waals surface area contributed by atoms with Gasteiger partial charge in [-0.1, -0.05) is 103 Å². The lowest BCUT2D eigenvalue weighted by Crippen LogP contribution is -1.96. The number of hydrogen-bond acceptors (Lipinski definition) is 4. The van der Waals surface area contributed by atoms with Crippen LogP contribution in [0.5, 0.6) is 0 Å². The number of aromatic nitrogens is 2. The summed E-state index contributed by atoms with van der Waals surface area (Å²) in [6.07, 6.45) is 0. The Morgan fingerprint density at radius 1 is 0.512 bits per heavy atom. The molecule has 0 aliphatic carbocycles. The molecule has 200 valence electrons. The van der Waals surface area contributed by atoms with Crippen molar-refractivity contribution in [3.63, 3.8) is 0 Å². The molecule has 0 radical (unpaired) electrons. The van der Waals surface area contributed by atoms with Crippen LogP contribution in [-0.2, 0) is 0 Å². The van der Waals surface area contributed by atoms with Gasteiger partial charge in [0.05, 0.1) is 23.0 Å². The van der Waals surface area contributed by atoms with Crippen LogP contribution in [0.15, 0.2) is 144 Å². The maximum Gasteiger partial charge on any atom is 0.160 e. The lowest BCUT2D eigenvalue weighted by atomic mass is 9.97. The Labute approximate surface area is 248 Å². The third kappa shape index (κ3) is 4.41. The molecule has 0 fully saturated rings. The van der Waals surface area contributed by atoms with E-state index in [2.05, 4.69) is 84.9 Å². The zero-order chi connectivity index (χ0) is 28.8. The first-order valence-electron chi connectivity index (χ1n) is 14.1. The van der Waals surface area contributed by atoms with Crippen molar-refractivity contribution < 1.29 is 4.42 Å². The van der Waals surface area contributed by atoms with Crippen molar-refractivity contribution in [1.29, 1.82) is 5.26 Å². The third-order valence-electron chi connectivity index (χ3n) is 7.92. The molecule has 0 saturated heterocycles. The van der Waals surface area contributed by atoms with Gasteiger partial charge in [0.25, 0.3) is 0 Å². The van der Waals surface area contributed by atoms with E-state index in [4.69, 9.17) is 14.4 Å². The minimum absolute atomic E-state index is 0.616. The Morgan fingerprint density at radius 3 is 1.86 bits per heavy atom. The zero-order valence-electron chi connectivity index (χ0n) is 23.0. The fourth-order valence-corrected chi connectivity index (χ4v) is 5.75. The van der Waals surface area contributed by atoms with E-state index in [9.17, 15) is 5.26 Å². The molecule has 0 unspecified atom stereocenters. The van der Waals surface area contributed by atoms with Crippen molar-refractivity contribution in [2.75, 3.05) is 0 Å². The summed E-state index contributed by atoms with van der Waals surface area (Å²) in [7, 11) is 0. The van der Waals surface area contributed by atoms with Gasteiger partial charge in [0.1, 0.15) is 11.2 Å². The number of rotatable bonds is 4. The summed E-state index contributed by atoms with van der Waals surface area (Å²) in [4.78, 5) is 9.93. The van der Waals surface area contributed by atoms with Gasteiger partial charge >= 0.3 is 0 Å². The van der Waals surface area contributed by atoms with Gasteiger partial charge in [0, 0.05) is 27.5 Å². The van der Waals surface area contributed by atoms with E-state index >= 15 is 0 Å². The molecule has 2 heterocycles. The van der Waals surface area contributed by atoms with Crippen molar-refractivity contribution in [3.05, 3.63) is 145 Å². The molecule has 0 amide bonds. The second-order valence-electron chi connectivity index (χ2n) is 10.6. The van der Waals surface area contributed by atoms with Gasteiger partial charge in [-0.05, 0) is 58.3 Å². The Kier molecular flexibility index (Phi) is 5.80. The first-order valence-corrected chi connectivity index (χ1v) is 14.1. The van der Waals surface area contributed by atoms with Crippen molar-refractivity contribution in [3.8, 4) is 51.1 Å². The van der Waals surface area contributed by atoms with Gasteiger partial charge < -0.3 is 4.42 Å². The highest BCUT2D eigenvalue weighted by Crippen LogP contribution is 2.39. The first-order chi connectivity index (χ1) is 21.2. The van der Waals surface area contributed by atoms with E-state index in [0.29, 0.717) is 11.4 Å². The van der Waals surface area contributed by atoms with E-state index in [1.807, 2.05) is 60.7 Å². The molecule has 4 heteroatoms. The average molecular weight is 550 g/mol. The van der Waals surface area contributed by atoms with E-state index < -0.39 is 0 Å². The van der Waals surface area contributed by atoms with Gasteiger partial charge in [-0.25, -0.2) is 9.97 Å². The molecule has 6 aromatic carbocycles. The Bertz CT molecular complexity index is 2330. The van der Waals surface area contributed by atoms with Gasteiger partial charge in [0.2, 0.25) is 0 Å². The molecule has 0 bridgehead atoms. The summed E-state index contributed by atoms with van der Waals surface area (Å²) >= 11 is 0. The molecule has 0 atom stereocenters. The maximum atomic E-state index is 9.25. The van der Waals surface area contributed by atoms with Gasteiger partial charge in [-0.15, -0.1) is 0 Å². The smallest absolute Gasteiger partial charge is 0.160 e. The molecule has 0 N–H and O–H groups in total. The molecular weight excluding hydrogens is 526 g/mol. The summed E-state index contributed by atoms with van der Waals surface area (Å²) < 4.78 is 6.30. The number of nitriles is 1. The number of hydrogen-bond donors (Lipinski definition) is 0. The predicted octanol–water partition coefficient (Wildman–Crippen LogP) is 10.1. The van der Waals surface area contributed by atoms with Crippen LogP contribution in [0.1, 0.15) is 5.56 Å². The minimum Gasteiger partial charge on any atom is -0.456 e. The van der Waals surface area contributed by atoms with Gasteiger partial charge in [-0.2, -0.15) is 5.26 Å². The molecule has 8 rings (SSSR count). The van der Waals surface area contributed by atoms with Crippen LogP contribution in [0, 0.1) is 11.3 Å². The van der Waals surface area contributed by atoms with E-state index in [1.165, 1.54) is 5.39 Å². The summed E-state index contributed by atoms with van der Waals surface area (Å²) in [6.45, 7) is 0. The number of fused-ring (bicyclic) bond motifs is 4. The zero-order valence-corrected chi connectivity index (χ0v) is 23.0. The fraction of sp³-hybridized carbons (Fsp3) is 0. The summed E-state index contributed by atoms with van der Waals surface area (Å²) in [5.41, 5.74) is 9.11. The van der Waals surface area contributed by atoms with Crippen molar-refractivity contribution in [2.24, 2.45) is 0 Å². The van der Waals surface area contributed by atoms with Crippen LogP contribution in [0.4, 0.5) is 0 Å². The third-order valence-corrected chi connectivity index (χ3v) is 7.92. The SMILES string of the molecule is N#Cc1ccc(-c2cc(-c3ccccc3)nc(-c3ccc(-c4cccc5oc6cc7ccccc7cc6c45)cc3)n2)cc1. The Balaban J connectivity index is 1.24. The average Bonchev–Trinajstić information content (AvgIpc) is 3.45. The van der Waals surface area contributed by atoms with Crippen LogP contribution in [-0.4, -0.2) is 9.97 Å². The Hall–Kier alpha value is -6.05. The second kappa shape index (κ2) is 10.1. The molecule has 0 aliphatic heterocycles. The van der Waals surface area contributed by atoms with E-state index in [0.717, 1.165) is 66.5 Å². The van der Waals surface area contributed by atoms with E-state index in [-0.39, 0.29) is 0 Å². The number of nitrogens with zero attached hydrogens (tertiary/aromatic N) is 3. The predicted molar refractivity (Wildman–Crippen MR) is 173 cm³/mol. The first kappa shape index (κ1) is 24.7. The van der Waals surface area contributed by atoms with Crippen LogP contribution in [0.2, 0.25) is 0 Å². The number of furan rings is 1. The largest absolute Gasteiger partial charge is 0.456 e. The molecule has 4 nitrogen and oxygen atoms in total. The summed E-state index contributed by atoms with van der Waals surface area (Å²) in [5, 5.41) is 13.8. The van der Waals surface area contributed by atoms with Crippen LogP contribution >= 0.6 is 0 Å². The molecule has 43 heavy (non-hydrogen) atoms. The molecule has 2 aromatic heterocycles. The minimum atomic E-state index is 0.616. The fourth-order valence-electron chi connectivity index (χ4n) is 5.75. The molecule has 0 aliphatic rings. The van der Waals surface area contributed by atoms with Crippen LogP contribution in [0.25, 0.3) is 77.7 Å². The highest BCUT2D eigenvalue weighted by Gasteiger charge is 2.15. The normalized spacial score (nSPS) is 11.2. The molecule has 8 aromatic rings. The topological polar surface area (TPSA) is 62.7 Å². The molecule has 0 spiro atoms. The van der Waals surface area contributed by atoms with Gasteiger partial charge in [0.15, 0.2) is 5.82 Å². The number of benzene rings is 6. The molecule has 0 saturated carbocycles. The van der Waals surface area contributed by atoms with Crippen molar-refractivity contribution in [1.82, 2.24) is 9.97 Å². The monoisotopic (exact) mass is 549 g/mol. The van der Waals surface area contributed by atoms with E-state index in [1.54, 1.807) is 0 Å². The van der Waals surface area contributed by atoms with Crippen LogP contribution in [0.3, 0.4) is 0 Å². The van der Waals surface area contributed by atoms with Crippen molar-refractivity contribution >= 4 is 32.7 Å². The second-order valence-corrected chi connectivity index (χ2v) is 10.6. The van der Waals surface area contributed by atoms with Crippen molar-refractivity contribution in [2.45, 2.75) is 0 Å². The maximum absolute atomic E-state index is 9.25. The lowest BCUT2D eigenvalue weighted by Gasteiger charge is -2.10. The lowest BCUT2D eigenvalue weighted by molar-refractivity contribution is 0.669. The highest BCUT2D eigenvalue weighted by molar-refractivity contribution is 6.15. The quantitative estimate of drug-likeness (QED) is 0.219. The molecular formula is C39H23N3O. The highest BCUT2D eigenvalue weighted by atomic mass is 16.3. The van der Waals surface area contributed by atoms with Gasteiger partial charge in [-0.3, -0.25) is 0 Å². The van der Waals surface area contributed by atoms with Crippen LogP contribution < -0.4 is 0 Å². The Morgan fingerprint density at radius 2 is 1.14 bits per heavy atom. The summed E-state index contributed by atoms with van der Waals surface area (Å²) in [6, 6.07) is 49.2. The standard InChI is InChI=1S/C39H23N3O/c40-24-25-13-15-28(16-14-25)35-23-34(27-7-2-1-3-8-27)41-39(42-35)29-19-17-26(18-20-29)32-11-6-12-36-38(32)33-21-30-9-4-5-10-31(30)22-37(33)43-36/h1-23H. The summed E-state index contributed by atoms with van der Waals surface area (Å²) in [5.74, 6) is 0.644.